The van der Waals surface area contributed by atoms with Crippen LogP contribution in [-0.4, -0.2) is 27.7 Å². The lowest BCUT2D eigenvalue weighted by Crippen LogP contribution is -2.58. The van der Waals surface area contributed by atoms with Gasteiger partial charge in [-0.25, -0.2) is 4.98 Å². The number of aromatic nitrogens is 2. The number of rotatable bonds is 0. The van der Waals surface area contributed by atoms with E-state index in [9.17, 15) is 5.11 Å². The normalized spacial score (nSPS) is 25.9. The molecule has 0 amide bonds. The molecule has 0 aliphatic carbocycles. The molecule has 1 aromatic rings. The molecule has 3 rings (SSSR count). The first-order chi connectivity index (χ1) is 5.82. The van der Waals surface area contributed by atoms with Crippen LogP contribution in [0.15, 0.2) is 12.4 Å². The molecular weight excluding hydrogens is 225 g/mol. The lowest BCUT2D eigenvalue weighted by molar-refractivity contribution is 0.113. The molecule has 1 aromatic heterocycles. The van der Waals surface area contributed by atoms with E-state index in [0.29, 0.717) is 0 Å². The average molecular weight is 238 g/mol. The minimum atomic E-state index is -0.359. The van der Waals surface area contributed by atoms with Gasteiger partial charge in [0.25, 0.3) is 0 Å². The van der Waals surface area contributed by atoms with Crippen LogP contribution in [0.2, 0.25) is 0 Å². The van der Waals surface area contributed by atoms with E-state index in [1.54, 1.807) is 6.20 Å². The van der Waals surface area contributed by atoms with Crippen molar-refractivity contribution in [2.45, 2.75) is 18.1 Å². The Kier molecular flexibility index (Phi) is 3.11. The largest absolute Gasteiger partial charge is 0.385 e. The Bertz CT molecular complexity index is 324. The van der Waals surface area contributed by atoms with Gasteiger partial charge in [0.2, 0.25) is 0 Å². The van der Waals surface area contributed by atoms with Gasteiger partial charge in [-0.2, -0.15) is 0 Å². The molecule has 0 bridgehead atoms. The third-order valence-corrected chi connectivity index (χ3v) is 2.96. The molecule has 2 N–H and O–H groups in total. The van der Waals surface area contributed by atoms with Crippen LogP contribution >= 0.6 is 24.8 Å². The highest BCUT2D eigenvalue weighted by Gasteiger charge is 2.47. The van der Waals surface area contributed by atoms with Gasteiger partial charge in [0.1, 0.15) is 11.9 Å². The van der Waals surface area contributed by atoms with Crippen molar-refractivity contribution in [1.82, 2.24) is 14.9 Å². The van der Waals surface area contributed by atoms with E-state index in [-0.39, 0.29) is 36.5 Å². The smallest absolute Gasteiger partial charge is 0.138 e. The summed E-state index contributed by atoms with van der Waals surface area (Å²) in [5.74, 6) is 0.830. The van der Waals surface area contributed by atoms with E-state index < -0.39 is 0 Å². The molecular formula is C8H13Cl2N3O. The van der Waals surface area contributed by atoms with Crippen LogP contribution in [-0.2, 0) is 5.54 Å². The Hall–Kier alpha value is -0.290. The molecule has 6 heteroatoms. The molecule has 0 aromatic carbocycles. The van der Waals surface area contributed by atoms with Crippen LogP contribution in [0.4, 0.5) is 0 Å². The van der Waals surface area contributed by atoms with Gasteiger partial charge in [0.15, 0.2) is 0 Å². The number of halogens is 2. The second kappa shape index (κ2) is 3.70. The molecule has 14 heavy (non-hydrogen) atoms. The minimum Gasteiger partial charge on any atom is -0.385 e. The van der Waals surface area contributed by atoms with E-state index in [0.717, 1.165) is 25.3 Å². The van der Waals surface area contributed by atoms with E-state index >= 15 is 0 Å². The first-order valence-electron chi connectivity index (χ1n) is 4.24. The fourth-order valence-electron chi connectivity index (χ4n) is 2.24. The molecule has 2 aliphatic rings. The number of aliphatic hydroxyl groups is 1. The first kappa shape index (κ1) is 11.8. The Labute approximate surface area is 94.5 Å². The standard InChI is InChI=1S/C8H11N3O.2ClH/c12-6-3-8(4-9-5-8)11-2-1-10-7(6)11;;/h1-2,6,9,12H,3-5H2;2*1H. The molecule has 1 fully saturated rings. The van der Waals surface area contributed by atoms with Crippen molar-refractivity contribution >= 4 is 24.8 Å². The number of imidazole rings is 1. The van der Waals surface area contributed by atoms with Crippen LogP contribution in [0.3, 0.4) is 0 Å². The number of hydrogen-bond donors (Lipinski definition) is 2. The van der Waals surface area contributed by atoms with E-state index in [4.69, 9.17) is 0 Å². The lowest BCUT2D eigenvalue weighted by atomic mass is 9.89. The van der Waals surface area contributed by atoms with Gasteiger partial charge >= 0.3 is 0 Å². The van der Waals surface area contributed by atoms with Crippen LogP contribution in [0.25, 0.3) is 0 Å². The fraction of sp³-hybridized carbons (Fsp3) is 0.625. The summed E-state index contributed by atoms with van der Waals surface area (Å²) >= 11 is 0. The third kappa shape index (κ3) is 1.26. The van der Waals surface area contributed by atoms with Gasteiger partial charge in [-0.05, 0) is 0 Å². The van der Waals surface area contributed by atoms with Crippen molar-refractivity contribution in [3.05, 3.63) is 18.2 Å². The predicted molar refractivity (Wildman–Crippen MR) is 57.1 cm³/mol. The fourth-order valence-corrected chi connectivity index (χ4v) is 2.24. The molecule has 1 unspecified atom stereocenters. The van der Waals surface area contributed by atoms with Crippen molar-refractivity contribution < 1.29 is 5.11 Å². The van der Waals surface area contributed by atoms with Gasteiger partial charge in [0, 0.05) is 31.9 Å². The summed E-state index contributed by atoms with van der Waals surface area (Å²) in [5.41, 5.74) is 0.144. The number of nitrogens with one attached hydrogen (secondary N) is 1. The summed E-state index contributed by atoms with van der Waals surface area (Å²) in [6.45, 7) is 1.93. The van der Waals surface area contributed by atoms with E-state index in [1.807, 2.05) is 6.20 Å². The monoisotopic (exact) mass is 237 g/mol. The molecule has 80 valence electrons. The zero-order valence-electron chi connectivity index (χ0n) is 7.51. The number of nitrogens with zero attached hydrogens (tertiary/aromatic N) is 2. The number of fused-ring (bicyclic) bond motifs is 2. The van der Waals surface area contributed by atoms with Crippen LogP contribution < -0.4 is 5.32 Å². The highest BCUT2D eigenvalue weighted by molar-refractivity contribution is 5.85. The van der Waals surface area contributed by atoms with Gasteiger partial charge in [0.05, 0.1) is 5.54 Å². The van der Waals surface area contributed by atoms with Crippen LogP contribution in [0, 0.1) is 0 Å². The van der Waals surface area contributed by atoms with Gasteiger partial charge in [-0.15, -0.1) is 24.8 Å². The van der Waals surface area contributed by atoms with Crippen molar-refractivity contribution in [3.8, 4) is 0 Å². The summed E-state index contributed by atoms with van der Waals surface area (Å²) in [6.07, 6.45) is 4.19. The van der Waals surface area contributed by atoms with Crippen LogP contribution in [0.5, 0.6) is 0 Å². The number of hydrogen-bond acceptors (Lipinski definition) is 3. The molecule has 3 heterocycles. The quantitative estimate of drug-likeness (QED) is 0.690. The first-order valence-corrected chi connectivity index (χ1v) is 4.24. The highest BCUT2D eigenvalue weighted by atomic mass is 35.5. The molecule has 0 radical (unpaired) electrons. The Morgan fingerprint density at radius 2 is 2.21 bits per heavy atom. The van der Waals surface area contributed by atoms with E-state index in [2.05, 4.69) is 14.9 Å². The molecule has 2 aliphatic heterocycles. The van der Waals surface area contributed by atoms with Crippen molar-refractivity contribution in [2.75, 3.05) is 13.1 Å². The summed E-state index contributed by atoms with van der Waals surface area (Å²) in [7, 11) is 0. The van der Waals surface area contributed by atoms with Crippen molar-refractivity contribution in [2.24, 2.45) is 0 Å². The van der Waals surface area contributed by atoms with Crippen molar-refractivity contribution in [1.29, 1.82) is 0 Å². The van der Waals surface area contributed by atoms with Gasteiger partial charge < -0.3 is 15.0 Å². The molecule has 4 nitrogen and oxygen atoms in total. The van der Waals surface area contributed by atoms with Crippen molar-refractivity contribution in [3.63, 3.8) is 0 Å². The minimum absolute atomic E-state index is 0. The lowest BCUT2D eigenvalue weighted by Gasteiger charge is -2.40. The topological polar surface area (TPSA) is 50.1 Å². The SMILES string of the molecule is Cl.Cl.OC1CC2(CNC2)n2ccnc21. The van der Waals surface area contributed by atoms with Gasteiger partial charge in [-0.1, -0.05) is 0 Å². The maximum absolute atomic E-state index is 9.66. The highest BCUT2D eigenvalue weighted by Crippen LogP contribution is 2.40. The summed E-state index contributed by atoms with van der Waals surface area (Å²) in [4.78, 5) is 4.14. The summed E-state index contributed by atoms with van der Waals surface area (Å²) in [6, 6.07) is 0. The zero-order valence-corrected chi connectivity index (χ0v) is 9.14. The maximum atomic E-state index is 9.66. The summed E-state index contributed by atoms with van der Waals surface area (Å²) in [5, 5.41) is 12.9. The predicted octanol–water partition coefficient (Wildman–Crippen LogP) is 0.462. The molecule has 1 saturated heterocycles. The average Bonchev–Trinajstić information content (AvgIpc) is 2.49. The maximum Gasteiger partial charge on any atom is 0.138 e. The number of aliphatic hydroxyl groups excluding tert-OH is 1. The third-order valence-electron chi connectivity index (χ3n) is 2.96. The summed E-state index contributed by atoms with van der Waals surface area (Å²) < 4.78 is 2.12. The zero-order chi connectivity index (χ0) is 8.18. The molecule has 1 spiro atoms. The molecule has 0 saturated carbocycles. The van der Waals surface area contributed by atoms with Crippen LogP contribution in [0.1, 0.15) is 18.3 Å². The molecule has 1 atom stereocenters. The van der Waals surface area contributed by atoms with E-state index in [1.165, 1.54) is 0 Å². The van der Waals surface area contributed by atoms with Gasteiger partial charge in [-0.3, -0.25) is 0 Å². The Morgan fingerprint density at radius 3 is 2.79 bits per heavy atom. The second-order valence-corrected chi connectivity index (χ2v) is 3.70. The Balaban J connectivity index is 0.000000490. The second-order valence-electron chi connectivity index (χ2n) is 3.70. The Morgan fingerprint density at radius 1 is 1.50 bits per heavy atom.